The number of carbonyl (C=O) groups is 1. The molecule has 1 aromatic rings. The first kappa shape index (κ1) is 13.6. The molecule has 0 N–H and O–H groups in total. The third-order valence-corrected chi connectivity index (χ3v) is 2.99. The van der Waals surface area contributed by atoms with Crippen LogP contribution in [0, 0.1) is 5.92 Å². The van der Waals surface area contributed by atoms with Crippen molar-refractivity contribution in [1.82, 2.24) is 0 Å². The van der Waals surface area contributed by atoms with Crippen LogP contribution < -0.4 is 0 Å². The maximum absolute atomic E-state index is 12.5. The summed E-state index contributed by atoms with van der Waals surface area (Å²) in [5.74, 6) is 0.0872. The van der Waals surface area contributed by atoms with E-state index >= 15 is 0 Å². The Morgan fingerprint density at radius 3 is 2.89 bits per heavy atom. The van der Waals surface area contributed by atoms with Crippen LogP contribution in [0.5, 0.6) is 0 Å². The maximum Gasteiger partial charge on any atom is 0.416 e. The Bertz CT molecular complexity index is 497. The number of carbonyl (C=O) groups excluding carboxylic acids is 1. The van der Waals surface area contributed by atoms with Crippen molar-refractivity contribution in [3.63, 3.8) is 0 Å². The molecule has 1 aromatic carbocycles. The number of hydrogen-bond acceptors (Lipinski definition) is 3. The van der Waals surface area contributed by atoms with Gasteiger partial charge in [0.1, 0.15) is 0 Å². The van der Waals surface area contributed by atoms with E-state index in [2.05, 4.69) is 9.73 Å². The first-order valence-corrected chi connectivity index (χ1v) is 5.80. The zero-order valence-electron chi connectivity index (χ0n) is 9.98. The van der Waals surface area contributed by atoms with Crippen molar-refractivity contribution < 1.29 is 22.7 Å². The summed E-state index contributed by atoms with van der Waals surface area (Å²) in [5, 5.41) is 0. The summed E-state index contributed by atoms with van der Waals surface area (Å²) in [6.07, 6.45) is -1.50. The summed E-state index contributed by atoms with van der Waals surface area (Å²) in [7, 11) is 0. The zero-order chi connectivity index (χ0) is 13.9. The summed E-state index contributed by atoms with van der Waals surface area (Å²) < 4.78 is 42.2. The molecule has 1 unspecified atom stereocenters. The minimum atomic E-state index is -4.35. The molecule has 19 heavy (non-hydrogen) atoms. The van der Waals surface area contributed by atoms with Crippen molar-refractivity contribution in [2.24, 2.45) is 10.9 Å². The Kier molecular flexibility index (Phi) is 3.87. The standard InChI is InChI=1S/C13H12F3NO2/c14-13(15,16)11-2-1-10-5-9(3-4-19-8-18)7-17-12(10)6-11/h1-2,6-9H,3-5H2. The molecule has 0 fully saturated rings. The third-order valence-electron chi connectivity index (χ3n) is 2.99. The van der Waals surface area contributed by atoms with Crippen molar-refractivity contribution in [2.75, 3.05) is 6.61 Å². The molecule has 1 aliphatic heterocycles. The molecular weight excluding hydrogens is 259 g/mol. The average molecular weight is 271 g/mol. The molecule has 0 aliphatic carbocycles. The summed E-state index contributed by atoms with van der Waals surface area (Å²) in [4.78, 5) is 14.1. The fourth-order valence-corrected chi connectivity index (χ4v) is 2.00. The number of alkyl halides is 3. The van der Waals surface area contributed by atoms with Crippen LogP contribution in [0.15, 0.2) is 23.2 Å². The second-order valence-corrected chi connectivity index (χ2v) is 4.34. The molecule has 102 valence electrons. The van der Waals surface area contributed by atoms with Gasteiger partial charge in [0.15, 0.2) is 0 Å². The van der Waals surface area contributed by atoms with E-state index in [0.717, 1.165) is 17.7 Å². The van der Waals surface area contributed by atoms with E-state index in [9.17, 15) is 18.0 Å². The number of halogens is 3. The van der Waals surface area contributed by atoms with Crippen molar-refractivity contribution >= 4 is 18.4 Å². The second-order valence-electron chi connectivity index (χ2n) is 4.34. The lowest BCUT2D eigenvalue weighted by molar-refractivity contribution is -0.137. The van der Waals surface area contributed by atoms with E-state index in [1.807, 2.05) is 0 Å². The Hall–Kier alpha value is -1.85. The predicted molar refractivity (Wildman–Crippen MR) is 63.4 cm³/mol. The van der Waals surface area contributed by atoms with E-state index in [1.54, 1.807) is 6.21 Å². The molecule has 1 aliphatic rings. The molecule has 6 heteroatoms. The highest BCUT2D eigenvalue weighted by molar-refractivity contribution is 5.71. The van der Waals surface area contributed by atoms with Gasteiger partial charge in [-0.25, -0.2) is 0 Å². The Morgan fingerprint density at radius 1 is 1.42 bits per heavy atom. The molecule has 0 spiro atoms. The smallest absolute Gasteiger partial charge is 0.416 e. The van der Waals surface area contributed by atoms with Crippen LogP contribution in [0.3, 0.4) is 0 Å². The molecule has 0 bridgehead atoms. The fourth-order valence-electron chi connectivity index (χ4n) is 2.00. The van der Waals surface area contributed by atoms with Crippen molar-refractivity contribution in [3.05, 3.63) is 29.3 Å². The SMILES string of the molecule is O=COCCC1C=Nc2cc(C(F)(F)F)ccc2C1. The first-order chi connectivity index (χ1) is 9.00. The van der Waals surface area contributed by atoms with Crippen molar-refractivity contribution in [1.29, 1.82) is 0 Å². The van der Waals surface area contributed by atoms with Crippen LogP contribution >= 0.6 is 0 Å². The number of nitrogens with zero attached hydrogens (tertiary/aromatic N) is 1. The Morgan fingerprint density at radius 2 is 2.21 bits per heavy atom. The zero-order valence-corrected chi connectivity index (χ0v) is 9.98. The van der Waals surface area contributed by atoms with Crippen LogP contribution in [-0.4, -0.2) is 19.3 Å². The minimum Gasteiger partial charge on any atom is -0.468 e. The fraction of sp³-hybridized carbons (Fsp3) is 0.385. The van der Waals surface area contributed by atoms with Crippen molar-refractivity contribution in [3.8, 4) is 0 Å². The number of aliphatic imine (C=N–C) groups is 1. The summed E-state index contributed by atoms with van der Waals surface area (Å²) >= 11 is 0. The van der Waals surface area contributed by atoms with Gasteiger partial charge in [-0.3, -0.25) is 9.79 Å². The molecule has 3 nitrogen and oxygen atoms in total. The van der Waals surface area contributed by atoms with Gasteiger partial charge in [-0.1, -0.05) is 6.07 Å². The lowest BCUT2D eigenvalue weighted by Gasteiger charge is -2.19. The quantitative estimate of drug-likeness (QED) is 0.623. The van der Waals surface area contributed by atoms with Gasteiger partial charge in [-0.15, -0.1) is 0 Å². The van der Waals surface area contributed by atoms with Crippen LogP contribution in [-0.2, 0) is 22.1 Å². The lowest BCUT2D eigenvalue weighted by Crippen LogP contribution is -2.14. The van der Waals surface area contributed by atoms with Gasteiger partial charge in [-0.2, -0.15) is 13.2 Å². The van der Waals surface area contributed by atoms with Gasteiger partial charge in [-0.05, 0) is 30.5 Å². The highest BCUT2D eigenvalue weighted by Crippen LogP contribution is 2.35. The first-order valence-electron chi connectivity index (χ1n) is 5.80. The van der Waals surface area contributed by atoms with Gasteiger partial charge in [0.25, 0.3) is 6.47 Å². The summed E-state index contributed by atoms with van der Waals surface area (Å²) in [6.45, 7) is 0.666. The molecule has 0 saturated carbocycles. The molecule has 0 saturated heterocycles. The van der Waals surface area contributed by atoms with Crippen molar-refractivity contribution in [2.45, 2.75) is 19.0 Å². The van der Waals surface area contributed by atoms with Gasteiger partial charge in [0.2, 0.25) is 0 Å². The highest BCUT2D eigenvalue weighted by Gasteiger charge is 2.31. The normalized spacial score (nSPS) is 17.9. The number of fused-ring (bicyclic) bond motifs is 1. The van der Waals surface area contributed by atoms with E-state index in [4.69, 9.17) is 0 Å². The number of rotatable bonds is 4. The maximum atomic E-state index is 12.5. The third kappa shape index (κ3) is 3.33. The molecule has 1 atom stereocenters. The number of benzene rings is 1. The van der Waals surface area contributed by atoms with Gasteiger partial charge in [0, 0.05) is 12.1 Å². The monoisotopic (exact) mass is 271 g/mol. The van der Waals surface area contributed by atoms with E-state index in [0.29, 0.717) is 25.0 Å². The van der Waals surface area contributed by atoms with Crippen LogP contribution in [0.25, 0.3) is 0 Å². The van der Waals surface area contributed by atoms with Crippen LogP contribution in [0.1, 0.15) is 17.5 Å². The van der Waals surface area contributed by atoms with E-state index in [1.165, 1.54) is 6.07 Å². The molecule has 1 heterocycles. The predicted octanol–water partition coefficient (Wildman–Crippen LogP) is 3.14. The van der Waals surface area contributed by atoms with Gasteiger partial charge < -0.3 is 4.74 Å². The average Bonchev–Trinajstić information content (AvgIpc) is 2.37. The molecule has 2 rings (SSSR count). The Balaban J connectivity index is 2.09. The topological polar surface area (TPSA) is 38.7 Å². The second kappa shape index (κ2) is 5.42. The summed E-state index contributed by atoms with van der Waals surface area (Å²) in [6, 6.07) is 3.59. The molecule has 0 aromatic heterocycles. The van der Waals surface area contributed by atoms with Crippen LogP contribution in [0.2, 0.25) is 0 Å². The number of ether oxygens (including phenoxy) is 1. The van der Waals surface area contributed by atoms with Crippen LogP contribution in [0.4, 0.5) is 18.9 Å². The van der Waals surface area contributed by atoms with E-state index in [-0.39, 0.29) is 12.5 Å². The molecule has 0 radical (unpaired) electrons. The Labute approximate surface area is 108 Å². The summed E-state index contributed by atoms with van der Waals surface area (Å²) in [5.41, 5.74) is 0.458. The molecular formula is C13H12F3NO2. The van der Waals surface area contributed by atoms with Gasteiger partial charge >= 0.3 is 6.18 Å². The molecule has 0 amide bonds. The highest BCUT2D eigenvalue weighted by atomic mass is 19.4. The lowest BCUT2D eigenvalue weighted by atomic mass is 9.93. The largest absolute Gasteiger partial charge is 0.468 e. The van der Waals surface area contributed by atoms with Gasteiger partial charge in [0.05, 0.1) is 17.9 Å². The van der Waals surface area contributed by atoms with E-state index < -0.39 is 11.7 Å². The number of hydrogen-bond donors (Lipinski definition) is 0. The minimum absolute atomic E-state index is 0.0872.